The summed E-state index contributed by atoms with van der Waals surface area (Å²) in [5.41, 5.74) is 5.35. The first-order valence-electron chi connectivity index (χ1n) is 4.90. The summed E-state index contributed by atoms with van der Waals surface area (Å²) in [6.45, 7) is 3.34. The molecule has 6 heteroatoms. The smallest absolute Gasteiger partial charge is 0.239 e. The van der Waals surface area contributed by atoms with Gasteiger partial charge in [-0.3, -0.25) is 9.59 Å². The van der Waals surface area contributed by atoms with Gasteiger partial charge in [-0.1, -0.05) is 0 Å². The molecule has 2 amide bonds. The molecule has 0 radical (unpaired) electrons. The van der Waals surface area contributed by atoms with Crippen LogP contribution >= 0.6 is 0 Å². The highest BCUT2D eigenvalue weighted by Crippen LogP contribution is 1.91. The SMILES string of the molecule is BCC(=O)N(CCN)CC(=O)NCC. The third kappa shape index (κ3) is 4.86. The van der Waals surface area contributed by atoms with E-state index in [1.807, 2.05) is 6.92 Å². The largest absolute Gasteiger partial charge is 0.355 e. The van der Waals surface area contributed by atoms with Gasteiger partial charge in [0.05, 0.1) is 6.54 Å². The third-order valence-electron chi connectivity index (χ3n) is 1.76. The van der Waals surface area contributed by atoms with Crippen LogP contribution in [0.2, 0.25) is 6.32 Å². The van der Waals surface area contributed by atoms with Crippen LogP contribution in [0.5, 0.6) is 0 Å². The Morgan fingerprint density at radius 2 is 2.14 bits per heavy atom. The molecule has 0 spiro atoms. The van der Waals surface area contributed by atoms with E-state index in [0.717, 1.165) is 0 Å². The van der Waals surface area contributed by atoms with E-state index in [1.165, 1.54) is 4.90 Å². The van der Waals surface area contributed by atoms with Gasteiger partial charge in [0.2, 0.25) is 11.8 Å². The maximum atomic E-state index is 11.3. The zero-order valence-electron chi connectivity index (χ0n) is 8.88. The Kier molecular flexibility index (Phi) is 6.83. The van der Waals surface area contributed by atoms with Crippen molar-refractivity contribution in [1.82, 2.24) is 10.2 Å². The highest BCUT2D eigenvalue weighted by atomic mass is 16.2. The fourth-order valence-electron chi connectivity index (χ4n) is 1.10. The first-order valence-corrected chi connectivity index (χ1v) is 4.90. The van der Waals surface area contributed by atoms with Crippen LogP contribution in [0.25, 0.3) is 0 Å². The fraction of sp³-hybridized carbons (Fsp3) is 0.750. The fourth-order valence-corrected chi connectivity index (χ4v) is 1.10. The van der Waals surface area contributed by atoms with Gasteiger partial charge in [-0.25, -0.2) is 0 Å². The van der Waals surface area contributed by atoms with Crippen LogP contribution in [0.15, 0.2) is 0 Å². The molecule has 14 heavy (non-hydrogen) atoms. The van der Waals surface area contributed by atoms with E-state index in [4.69, 9.17) is 5.73 Å². The van der Waals surface area contributed by atoms with Gasteiger partial charge in [0, 0.05) is 19.6 Å². The van der Waals surface area contributed by atoms with Crippen LogP contribution in [-0.4, -0.2) is 50.7 Å². The second kappa shape index (κ2) is 7.38. The predicted octanol–water partition coefficient (Wildman–Crippen LogP) is -2.04. The number of nitrogens with two attached hydrogens (primary N) is 1. The van der Waals surface area contributed by atoms with E-state index in [1.54, 1.807) is 7.85 Å². The maximum absolute atomic E-state index is 11.3. The van der Waals surface area contributed by atoms with Crippen molar-refractivity contribution in [3.63, 3.8) is 0 Å². The summed E-state index contributed by atoms with van der Waals surface area (Å²) < 4.78 is 0. The molecular weight excluding hydrogens is 181 g/mol. The third-order valence-corrected chi connectivity index (χ3v) is 1.76. The van der Waals surface area contributed by atoms with Gasteiger partial charge in [-0.2, -0.15) is 0 Å². The molecule has 0 aliphatic heterocycles. The van der Waals surface area contributed by atoms with Crippen LogP contribution < -0.4 is 11.1 Å². The maximum Gasteiger partial charge on any atom is 0.239 e. The van der Waals surface area contributed by atoms with Crippen LogP contribution in [-0.2, 0) is 9.59 Å². The van der Waals surface area contributed by atoms with Crippen molar-refractivity contribution in [1.29, 1.82) is 0 Å². The van der Waals surface area contributed by atoms with Gasteiger partial charge in [0.15, 0.2) is 0 Å². The van der Waals surface area contributed by atoms with E-state index in [0.29, 0.717) is 26.0 Å². The van der Waals surface area contributed by atoms with E-state index in [-0.39, 0.29) is 18.4 Å². The van der Waals surface area contributed by atoms with E-state index in [2.05, 4.69) is 5.32 Å². The second-order valence-electron chi connectivity index (χ2n) is 2.91. The first-order chi connectivity index (χ1) is 6.65. The van der Waals surface area contributed by atoms with Crippen molar-refractivity contribution in [2.24, 2.45) is 5.73 Å². The molecule has 3 N–H and O–H groups in total. The van der Waals surface area contributed by atoms with Gasteiger partial charge in [-0.15, -0.1) is 0 Å². The molecule has 80 valence electrons. The Hall–Kier alpha value is -1.04. The molecule has 0 aromatic carbocycles. The lowest BCUT2D eigenvalue weighted by Gasteiger charge is -2.20. The summed E-state index contributed by atoms with van der Waals surface area (Å²) in [4.78, 5) is 24.0. The molecule has 0 rings (SSSR count). The Morgan fingerprint density at radius 1 is 1.50 bits per heavy atom. The number of nitrogens with zero attached hydrogens (tertiary/aromatic N) is 1. The highest BCUT2D eigenvalue weighted by Gasteiger charge is 2.13. The summed E-state index contributed by atoms with van der Waals surface area (Å²) in [6, 6.07) is 0. The van der Waals surface area contributed by atoms with Crippen molar-refractivity contribution in [2.45, 2.75) is 13.2 Å². The molecular formula is C8H18BN3O2. The van der Waals surface area contributed by atoms with Crippen molar-refractivity contribution in [3.8, 4) is 0 Å². The Balaban J connectivity index is 4.08. The number of carbonyl (C=O) groups excluding carboxylic acids is 2. The molecule has 0 atom stereocenters. The van der Waals surface area contributed by atoms with E-state index >= 15 is 0 Å². The van der Waals surface area contributed by atoms with Gasteiger partial charge >= 0.3 is 0 Å². The zero-order chi connectivity index (χ0) is 11.0. The molecule has 0 aromatic rings. The Morgan fingerprint density at radius 3 is 2.57 bits per heavy atom. The number of nitrogens with one attached hydrogen (secondary N) is 1. The van der Waals surface area contributed by atoms with Crippen molar-refractivity contribution in [3.05, 3.63) is 0 Å². The molecule has 0 aromatic heterocycles. The summed E-state index contributed by atoms with van der Waals surface area (Å²) in [7, 11) is 1.77. The molecule has 0 saturated carbocycles. The van der Waals surface area contributed by atoms with Crippen molar-refractivity contribution in [2.75, 3.05) is 26.2 Å². The lowest BCUT2D eigenvalue weighted by atomic mass is 10.0. The lowest BCUT2D eigenvalue weighted by Crippen LogP contribution is -2.42. The van der Waals surface area contributed by atoms with Gasteiger partial charge in [0.25, 0.3) is 0 Å². The molecule has 0 aliphatic rings. The van der Waals surface area contributed by atoms with E-state index in [9.17, 15) is 9.59 Å². The summed E-state index contributed by atoms with van der Waals surface area (Å²) in [6.07, 6.45) is 0.402. The van der Waals surface area contributed by atoms with Crippen LogP contribution in [0.1, 0.15) is 6.92 Å². The number of carbonyl (C=O) groups is 2. The minimum Gasteiger partial charge on any atom is -0.355 e. The quantitative estimate of drug-likeness (QED) is 0.484. The molecule has 0 bridgehead atoms. The van der Waals surface area contributed by atoms with Crippen molar-refractivity contribution < 1.29 is 9.59 Å². The molecule has 0 aliphatic carbocycles. The monoisotopic (exact) mass is 199 g/mol. The number of rotatable bonds is 6. The zero-order valence-corrected chi connectivity index (χ0v) is 8.88. The Bertz CT molecular complexity index is 199. The average molecular weight is 199 g/mol. The second-order valence-corrected chi connectivity index (χ2v) is 2.91. The summed E-state index contributed by atoms with van der Waals surface area (Å²) >= 11 is 0. The summed E-state index contributed by atoms with van der Waals surface area (Å²) in [5, 5.41) is 2.64. The van der Waals surface area contributed by atoms with Crippen LogP contribution in [0.3, 0.4) is 0 Å². The molecule has 0 heterocycles. The molecule has 0 unspecified atom stereocenters. The molecule has 5 nitrogen and oxygen atoms in total. The number of hydrogen-bond donors (Lipinski definition) is 2. The van der Waals surface area contributed by atoms with Gasteiger partial charge in [-0.05, 0) is 13.2 Å². The minimum absolute atomic E-state index is 0.0401. The first kappa shape index (κ1) is 13.0. The molecule has 0 saturated heterocycles. The molecule has 0 fully saturated rings. The highest BCUT2D eigenvalue weighted by molar-refractivity contribution is 6.19. The summed E-state index contributed by atoms with van der Waals surface area (Å²) in [5.74, 6) is -0.176. The standard InChI is InChI=1S/C8H18BN3O2/c1-2-11-7(13)6-12(4-3-10)8(14)5-9/h2-6,9-10H2,1H3,(H,11,13). The van der Waals surface area contributed by atoms with Gasteiger partial charge < -0.3 is 16.0 Å². The predicted molar refractivity (Wildman–Crippen MR) is 57.7 cm³/mol. The number of amides is 2. The van der Waals surface area contributed by atoms with Gasteiger partial charge in [0.1, 0.15) is 7.85 Å². The van der Waals surface area contributed by atoms with Crippen LogP contribution in [0, 0.1) is 0 Å². The Labute approximate surface area is 85.4 Å². The minimum atomic E-state index is -0.136. The topological polar surface area (TPSA) is 75.4 Å². The van der Waals surface area contributed by atoms with Crippen molar-refractivity contribution >= 4 is 19.7 Å². The lowest BCUT2D eigenvalue weighted by molar-refractivity contribution is -0.134. The number of hydrogen-bond acceptors (Lipinski definition) is 3. The average Bonchev–Trinajstić information content (AvgIpc) is 2.16. The number of likely N-dealkylation sites (N-methyl/N-ethyl adjacent to an activating group) is 1. The van der Waals surface area contributed by atoms with E-state index < -0.39 is 0 Å². The normalized spacial score (nSPS) is 9.57. The van der Waals surface area contributed by atoms with Crippen LogP contribution in [0.4, 0.5) is 0 Å².